The molecular weight excluding hydrogens is 608 g/mol. The first kappa shape index (κ1) is 31.9. The first-order valence-electron chi connectivity index (χ1n) is 11.6. The van der Waals surface area contributed by atoms with Crippen molar-refractivity contribution in [2.75, 3.05) is 25.4 Å². The molecule has 0 spiro atoms. The van der Waals surface area contributed by atoms with Gasteiger partial charge in [0, 0.05) is 5.38 Å². The fraction of sp³-hybridized carbons (Fsp3) is 0.524. The number of thioether (sulfide) groups is 1. The average Bonchev–Trinajstić information content (AvgIpc) is 3.25. The van der Waals surface area contributed by atoms with Gasteiger partial charge in [-0.15, -0.1) is 23.1 Å². The molecule has 1 fully saturated rings. The highest BCUT2D eigenvalue weighted by molar-refractivity contribution is 8.00. The summed E-state index contributed by atoms with van der Waals surface area (Å²) >= 11 is 2.01. The first-order valence-corrected chi connectivity index (χ1v) is 15.3. The van der Waals surface area contributed by atoms with Crippen molar-refractivity contribution in [3.8, 4) is 0 Å². The molecule has 3 amide bonds. The van der Waals surface area contributed by atoms with Gasteiger partial charge in [0.25, 0.3) is 0 Å². The van der Waals surface area contributed by atoms with Crippen LogP contribution in [0.1, 0.15) is 38.9 Å². The van der Waals surface area contributed by atoms with Gasteiger partial charge in [-0.1, -0.05) is 0 Å². The van der Waals surface area contributed by atoms with Crippen LogP contribution in [0.15, 0.2) is 16.8 Å². The molecule has 1 aromatic heterocycles. The minimum absolute atomic E-state index is 0.000263. The van der Waals surface area contributed by atoms with Crippen molar-refractivity contribution in [3.05, 3.63) is 22.5 Å². The summed E-state index contributed by atoms with van der Waals surface area (Å²) in [7, 11) is -3.92. The lowest BCUT2D eigenvalue weighted by atomic mass is 9.98. The van der Waals surface area contributed by atoms with Crippen molar-refractivity contribution in [1.29, 1.82) is 0 Å². The van der Waals surface area contributed by atoms with Crippen molar-refractivity contribution in [3.63, 3.8) is 0 Å². The van der Waals surface area contributed by atoms with Gasteiger partial charge in [0.15, 0.2) is 5.13 Å². The molecule has 0 aromatic carbocycles. The van der Waals surface area contributed by atoms with E-state index in [1.165, 1.54) is 5.38 Å². The second-order valence-electron chi connectivity index (χ2n) is 9.62. The van der Waals surface area contributed by atoms with Crippen LogP contribution in [0, 0.1) is 5.41 Å². The Bertz CT molecular complexity index is 1370. The lowest BCUT2D eigenvalue weighted by molar-refractivity contribution is -0.162. The normalized spacial score (nSPS) is 19.4. The zero-order valence-corrected chi connectivity index (χ0v) is 24.6. The van der Waals surface area contributed by atoms with Gasteiger partial charge in [-0.2, -0.15) is 4.72 Å². The van der Waals surface area contributed by atoms with E-state index in [0.29, 0.717) is 0 Å². The maximum atomic E-state index is 13.3. The fourth-order valence-corrected chi connectivity index (χ4v) is 5.98. The van der Waals surface area contributed by atoms with Crippen molar-refractivity contribution in [1.82, 2.24) is 19.9 Å². The van der Waals surface area contributed by atoms with E-state index in [1.807, 2.05) is 0 Å². The second kappa shape index (κ2) is 12.5. The van der Waals surface area contributed by atoms with E-state index < -0.39 is 81.5 Å². The Morgan fingerprint density at radius 1 is 1.22 bits per heavy atom. The van der Waals surface area contributed by atoms with Gasteiger partial charge in [0.2, 0.25) is 34.5 Å². The summed E-state index contributed by atoms with van der Waals surface area (Å²) in [6.45, 7) is 3.34. The number of esters is 1. The molecule has 0 saturated carbocycles. The fourth-order valence-electron chi connectivity index (χ4n) is 3.33. The standard InChI is InChI=1S/C21H28N6O11S3/c1-21(2,3)17(30)36-8-37-20(32)38-16-9(6-35-19(23)31)15(40-12-5-11(28)27(12)16)25-14(29)13(26-41(4,33)34)10-7-39-18(22)24-10/h7,12-13,15,26H,5-6,8H2,1-4H3,(H2,22,24)(H2,23,31)(H,25,29)/t12-,13?,15?/m0/s1. The third-order valence-electron chi connectivity index (χ3n) is 5.24. The maximum Gasteiger partial charge on any atom is 0.518 e. The number of ether oxygens (including phenoxy) is 4. The summed E-state index contributed by atoms with van der Waals surface area (Å²) in [5.74, 6) is -2.41. The molecule has 17 nitrogen and oxygen atoms in total. The van der Waals surface area contributed by atoms with Gasteiger partial charge in [-0.05, 0) is 20.8 Å². The van der Waals surface area contributed by atoms with E-state index in [4.69, 9.17) is 30.4 Å². The molecule has 3 heterocycles. The number of aromatic nitrogens is 1. The van der Waals surface area contributed by atoms with Crippen LogP contribution in [0.4, 0.5) is 14.7 Å². The van der Waals surface area contributed by atoms with E-state index in [-0.39, 0.29) is 22.8 Å². The number of fused-ring (bicyclic) bond motifs is 1. The van der Waals surface area contributed by atoms with Gasteiger partial charge < -0.3 is 35.7 Å². The largest absolute Gasteiger partial charge is 0.518 e. The molecule has 1 saturated heterocycles. The Labute approximate surface area is 242 Å². The van der Waals surface area contributed by atoms with Crippen LogP contribution >= 0.6 is 23.1 Å². The number of carbonyl (C=O) groups excluding carboxylic acids is 5. The quantitative estimate of drug-likeness (QED) is 0.115. The number of nitrogens with zero attached hydrogens (tertiary/aromatic N) is 2. The topological polar surface area (TPSA) is 249 Å². The molecule has 226 valence electrons. The van der Waals surface area contributed by atoms with Gasteiger partial charge in [-0.3, -0.25) is 19.3 Å². The van der Waals surface area contributed by atoms with Crippen LogP contribution < -0.4 is 21.5 Å². The molecule has 2 aliphatic rings. The monoisotopic (exact) mass is 636 g/mol. The first-order chi connectivity index (χ1) is 19.0. The zero-order chi connectivity index (χ0) is 30.7. The van der Waals surface area contributed by atoms with Gasteiger partial charge in [-0.25, -0.2) is 23.0 Å². The molecule has 2 unspecified atom stereocenters. The van der Waals surface area contributed by atoms with E-state index in [9.17, 15) is 32.4 Å². The predicted octanol–water partition coefficient (Wildman–Crippen LogP) is 0.0700. The van der Waals surface area contributed by atoms with Crippen molar-refractivity contribution in [2.24, 2.45) is 11.1 Å². The molecule has 1 aromatic rings. The van der Waals surface area contributed by atoms with Gasteiger partial charge >= 0.3 is 18.2 Å². The van der Waals surface area contributed by atoms with E-state index in [2.05, 4.69) is 15.0 Å². The Morgan fingerprint density at radius 2 is 1.90 bits per heavy atom. The molecule has 0 bridgehead atoms. The molecule has 0 radical (unpaired) electrons. The number of anilines is 1. The number of thiazole rings is 1. The summed E-state index contributed by atoms with van der Waals surface area (Å²) in [6.07, 6.45) is -1.74. The summed E-state index contributed by atoms with van der Waals surface area (Å²) in [6, 6.07) is -1.51. The molecule has 0 aliphatic carbocycles. The van der Waals surface area contributed by atoms with Crippen LogP contribution in [0.25, 0.3) is 0 Å². The van der Waals surface area contributed by atoms with Crippen LogP contribution in [0.3, 0.4) is 0 Å². The minimum Gasteiger partial charge on any atom is -0.445 e. The van der Waals surface area contributed by atoms with Crippen LogP contribution in [-0.2, 0) is 43.4 Å². The molecule has 3 rings (SSSR count). The van der Waals surface area contributed by atoms with E-state index in [1.54, 1.807) is 20.8 Å². The summed E-state index contributed by atoms with van der Waals surface area (Å²) in [4.78, 5) is 66.5. The van der Waals surface area contributed by atoms with Gasteiger partial charge in [0.05, 0.1) is 34.7 Å². The van der Waals surface area contributed by atoms with Crippen LogP contribution in [-0.4, -0.2) is 78.7 Å². The number of sulfonamides is 1. The summed E-state index contributed by atoms with van der Waals surface area (Å²) < 4.78 is 45.9. The Morgan fingerprint density at radius 3 is 2.44 bits per heavy atom. The highest BCUT2D eigenvalue weighted by Gasteiger charge is 2.49. The number of rotatable bonds is 10. The number of primary amides is 1. The molecule has 20 heteroatoms. The number of hydrogen-bond donors (Lipinski definition) is 4. The number of hydrogen-bond acceptors (Lipinski definition) is 15. The summed E-state index contributed by atoms with van der Waals surface area (Å²) in [5.41, 5.74) is 9.80. The SMILES string of the molecule is CC(C)(C)C(=O)OCOC(=O)OC1=C(COC(N)=O)C(NC(=O)C(NS(C)(=O)=O)c2csc(N)n2)S[C@H]2CC(=O)N12. The molecular formula is C21H28N6O11S3. The number of amides is 3. The van der Waals surface area contributed by atoms with Gasteiger partial charge in [0.1, 0.15) is 18.0 Å². The Hall–Kier alpha value is -3.62. The average molecular weight is 637 g/mol. The molecule has 2 aliphatic heterocycles. The highest BCUT2D eigenvalue weighted by atomic mass is 32.2. The predicted molar refractivity (Wildman–Crippen MR) is 143 cm³/mol. The van der Waals surface area contributed by atoms with Crippen molar-refractivity contribution in [2.45, 2.75) is 44.0 Å². The lowest BCUT2D eigenvalue weighted by Crippen LogP contribution is -2.57. The lowest BCUT2D eigenvalue weighted by Gasteiger charge is -2.46. The van der Waals surface area contributed by atoms with Crippen LogP contribution in [0.5, 0.6) is 0 Å². The summed E-state index contributed by atoms with van der Waals surface area (Å²) in [5, 5.41) is 2.33. The van der Waals surface area contributed by atoms with E-state index in [0.717, 1.165) is 34.3 Å². The Kier molecular flexibility index (Phi) is 9.72. The zero-order valence-electron chi connectivity index (χ0n) is 22.2. The third kappa shape index (κ3) is 8.44. The van der Waals surface area contributed by atoms with E-state index >= 15 is 0 Å². The Balaban J connectivity index is 1.88. The number of nitrogen functional groups attached to an aromatic ring is 1. The number of nitrogens with two attached hydrogens (primary N) is 2. The second-order valence-corrected chi connectivity index (χ2v) is 13.6. The number of β-lactam (4-membered cyclic amide) rings is 1. The highest BCUT2D eigenvalue weighted by Crippen LogP contribution is 2.44. The molecule has 41 heavy (non-hydrogen) atoms. The smallest absolute Gasteiger partial charge is 0.445 e. The van der Waals surface area contributed by atoms with Crippen molar-refractivity contribution >= 4 is 68.3 Å². The van der Waals surface area contributed by atoms with Crippen molar-refractivity contribution < 1.29 is 51.3 Å². The number of nitrogens with one attached hydrogen (secondary N) is 2. The van der Waals surface area contributed by atoms with Crippen LogP contribution in [0.2, 0.25) is 0 Å². The third-order valence-corrected chi connectivity index (χ3v) is 7.96. The molecule has 3 atom stereocenters. The number of carbonyl (C=O) groups is 5. The maximum absolute atomic E-state index is 13.3. The molecule has 6 N–H and O–H groups in total. The minimum atomic E-state index is -3.92.